The minimum Gasteiger partial charge on any atom is -0.352 e. The van der Waals surface area contributed by atoms with Crippen molar-refractivity contribution >= 4 is 28.6 Å². The molecule has 0 saturated heterocycles. The molecule has 5 nitrogen and oxygen atoms in total. The molecule has 0 spiro atoms. The van der Waals surface area contributed by atoms with Crippen molar-refractivity contribution in [1.82, 2.24) is 14.9 Å². The molecule has 6 heteroatoms. The summed E-state index contributed by atoms with van der Waals surface area (Å²) in [7, 11) is 0. The molecule has 0 aliphatic heterocycles. The fourth-order valence-corrected chi connectivity index (χ4v) is 4.27. The Bertz CT molecular complexity index is 1120. The number of carbonyl (C=O) groups excluding carboxylic acids is 1. The van der Waals surface area contributed by atoms with E-state index < -0.39 is 0 Å². The number of carbonyl (C=O) groups is 1. The number of benzene rings is 2. The number of hydrogen-bond acceptors (Lipinski definition) is 4. The fraction of sp³-hybridized carbons (Fsp3) is 0.348. The molecular weight excluding hydrogens is 382 g/mol. The summed E-state index contributed by atoms with van der Waals surface area (Å²) >= 11 is 1.33. The van der Waals surface area contributed by atoms with E-state index in [4.69, 9.17) is 4.98 Å². The highest BCUT2D eigenvalue weighted by Gasteiger charge is 2.27. The quantitative estimate of drug-likeness (QED) is 0.490. The zero-order chi connectivity index (χ0) is 20.5. The van der Waals surface area contributed by atoms with Crippen LogP contribution in [0.2, 0.25) is 0 Å². The van der Waals surface area contributed by atoms with Crippen LogP contribution in [0.5, 0.6) is 0 Å². The molecule has 4 rings (SSSR count). The fourth-order valence-electron chi connectivity index (χ4n) is 3.34. The first-order valence-corrected chi connectivity index (χ1v) is 10.9. The number of nitrogens with zero attached hydrogens (tertiary/aromatic N) is 2. The molecule has 0 bridgehead atoms. The van der Waals surface area contributed by atoms with Gasteiger partial charge in [0.2, 0.25) is 5.91 Å². The van der Waals surface area contributed by atoms with Gasteiger partial charge in [0, 0.05) is 6.04 Å². The number of thioether (sulfide) groups is 1. The standard InChI is InChI=1S/C23H25N3O2S/c1-14(2)17-8-5-7-11-20(17)26-22(28)18-9-4-6-10-19(18)25-23(26)29-15(3)21(27)24-16-12-13-16/h4-11,14-16H,12-13H2,1-3H3,(H,24,27). The van der Waals surface area contributed by atoms with E-state index in [1.54, 1.807) is 10.6 Å². The number of para-hydroxylation sites is 2. The zero-order valence-corrected chi connectivity index (χ0v) is 17.7. The smallest absolute Gasteiger partial charge is 0.266 e. The van der Waals surface area contributed by atoms with E-state index in [0.29, 0.717) is 22.1 Å². The average molecular weight is 408 g/mol. The molecule has 1 aliphatic rings. The van der Waals surface area contributed by atoms with E-state index in [1.165, 1.54) is 11.8 Å². The van der Waals surface area contributed by atoms with Gasteiger partial charge in [-0.3, -0.25) is 14.2 Å². The summed E-state index contributed by atoms with van der Waals surface area (Å²) in [5.74, 6) is 0.238. The Kier molecular flexibility index (Phi) is 5.46. The number of aromatic nitrogens is 2. The second-order valence-electron chi connectivity index (χ2n) is 7.81. The van der Waals surface area contributed by atoms with Crippen LogP contribution in [0.25, 0.3) is 16.6 Å². The van der Waals surface area contributed by atoms with E-state index in [0.717, 1.165) is 24.1 Å². The maximum absolute atomic E-state index is 13.5. The predicted molar refractivity (Wildman–Crippen MR) is 118 cm³/mol. The lowest BCUT2D eigenvalue weighted by Crippen LogP contribution is -2.33. The third-order valence-corrected chi connectivity index (χ3v) is 6.17. The first-order valence-electron chi connectivity index (χ1n) is 10.0. The summed E-state index contributed by atoms with van der Waals surface area (Å²) < 4.78 is 1.67. The monoisotopic (exact) mass is 407 g/mol. The Morgan fingerprint density at radius 2 is 1.79 bits per heavy atom. The molecular formula is C23H25N3O2S. The maximum Gasteiger partial charge on any atom is 0.266 e. The first-order chi connectivity index (χ1) is 14.0. The van der Waals surface area contributed by atoms with Crippen LogP contribution >= 0.6 is 11.8 Å². The summed E-state index contributed by atoms with van der Waals surface area (Å²) in [5, 5.41) is 3.81. The number of hydrogen-bond donors (Lipinski definition) is 1. The molecule has 2 aromatic carbocycles. The molecule has 1 aromatic heterocycles. The van der Waals surface area contributed by atoms with Crippen molar-refractivity contribution in [2.45, 2.75) is 56.0 Å². The Hall–Kier alpha value is -2.60. The Labute approximate surface area is 174 Å². The third kappa shape index (κ3) is 4.08. The molecule has 29 heavy (non-hydrogen) atoms. The first kappa shape index (κ1) is 19.7. The van der Waals surface area contributed by atoms with Gasteiger partial charge in [-0.2, -0.15) is 0 Å². The molecule has 1 amide bonds. The van der Waals surface area contributed by atoms with Gasteiger partial charge >= 0.3 is 0 Å². The topological polar surface area (TPSA) is 64.0 Å². The third-order valence-electron chi connectivity index (χ3n) is 5.12. The van der Waals surface area contributed by atoms with Crippen molar-refractivity contribution in [3.63, 3.8) is 0 Å². The lowest BCUT2D eigenvalue weighted by molar-refractivity contribution is -0.120. The van der Waals surface area contributed by atoms with Gasteiger partial charge in [-0.15, -0.1) is 0 Å². The summed E-state index contributed by atoms with van der Waals surface area (Å²) in [6.07, 6.45) is 2.09. The predicted octanol–water partition coefficient (Wildman–Crippen LogP) is 4.27. The molecule has 1 N–H and O–H groups in total. The SMILES string of the molecule is CC(Sc1nc2ccccc2c(=O)n1-c1ccccc1C(C)C)C(=O)NC1CC1. The highest BCUT2D eigenvalue weighted by Crippen LogP contribution is 2.29. The molecule has 0 radical (unpaired) electrons. The highest BCUT2D eigenvalue weighted by molar-refractivity contribution is 8.00. The van der Waals surface area contributed by atoms with Crippen LogP contribution in [0.3, 0.4) is 0 Å². The van der Waals surface area contributed by atoms with Crippen LogP contribution in [-0.4, -0.2) is 26.8 Å². The number of nitrogens with one attached hydrogen (secondary N) is 1. The van der Waals surface area contributed by atoms with Crippen molar-refractivity contribution in [1.29, 1.82) is 0 Å². The second kappa shape index (κ2) is 8.03. The van der Waals surface area contributed by atoms with E-state index in [1.807, 2.05) is 49.4 Å². The van der Waals surface area contributed by atoms with Crippen LogP contribution < -0.4 is 10.9 Å². The van der Waals surface area contributed by atoms with Gasteiger partial charge in [0.05, 0.1) is 21.8 Å². The molecule has 1 unspecified atom stereocenters. The lowest BCUT2D eigenvalue weighted by atomic mass is 10.0. The maximum atomic E-state index is 13.5. The van der Waals surface area contributed by atoms with Crippen molar-refractivity contribution in [2.75, 3.05) is 0 Å². The van der Waals surface area contributed by atoms with Crippen molar-refractivity contribution in [2.24, 2.45) is 0 Å². The van der Waals surface area contributed by atoms with E-state index >= 15 is 0 Å². The van der Waals surface area contributed by atoms with Crippen molar-refractivity contribution < 1.29 is 4.79 Å². The van der Waals surface area contributed by atoms with Gasteiger partial charge < -0.3 is 5.32 Å². The normalized spacial score (nSPS) is 14.9. The van der Waals surface area contributed by atoms with Crippen LogP contribution in [0, 0.1) is 0 Å². The number of fused-ring (bicyclic) bond motifs is 1. The average Bonchev–Trinajstić information content (AvgIpc) is 3.52. The van der Waals surface area contributed by atoms with Gasteiger partial charge in [0.15, 0.2) is 5.16 Å². The summed E-state index contributed by atoms with van der Waals surface area (Å²) in [6, 6.07) is 15.6. The summed E-state index contributed by atoms with van der Waals surface area (Å²) in [6.45, 7) is 6.08. The molecule has 3 aromatic rings. The number of rotatable bonds is 6. The molecule has 1 heterocycles. The molecule has 1 atom stereocenters. The van der Waals surface area contributed by atoms with Crippen LogP contribution in [0.1, 0.15) is 45.1 Å². The lowest BCUT2D eigenvalue weighted by Gasteiger charge is -2.19. The highest BCUT2D eigenvalue weighted by atomic mass is 32.2. The summed E-state index contributed by atoms with van der Waals surface area (Å²) in [4.78, 5) is 30.8. The van der Waals surface area contributed by atoms with Gasteiger partial charge in [0.1, 0.15) is 0 Å². The Morgan fingerprint density at radius 3 is 2.52 bits per heavy atom. The minimum absolute atomic E-state index is 0.0106. The molecule has 1 saturated carbocycles. The Balaban J connectivity index is 1.85. The van der Waals surface area contributed by atoms with Gasteiger partial charge in [0.25, 0.3) is 5.56 Å². The summed E-state index contributed by atoms with van der Waals surface area (Å²) in [5.41, 5.74) is 2.43. The van der Waals surface area contributed by atoms with Crippen LogP contribution in [0.4, 0.5) is 0 Å². The molecule has 1 fully saturated rings. The molecule has 1 aliphatic carbocycles. The van der Waals surface area contributed by atoms with E-state index in [2.05, 4.69) is 19.2 Å². The van der Waals surface area contributed by atoms with E-state index in [-0.39, 0.29) is 22.6 Å². The second-order valence-corrected chi connectivity index (χ2v) is 9.12. The van der Waals surface area contributed by atoms with Crippen molar-refractivity contribution in [3.8, 4) is 5.69 Å². The minimum atomic E-state index is -0.346. The number of amides is 1. The van der Waals surface area contributed by atoms with Crippen LogP contribution in [0.15, 0.2) is 58.5 Å². The van der Waals surface area contributed by atoms with Gasteiger partial charge in [-0.1, -0.05) is 55.9 Å². The largest absolute Gasteiger partial charge is 0.352 e. The van der Waals surface area contributed by atoms with E-state index in [9.17, 15) is 9.59 Å². The van der Waals surface area contributed by atoms with Gasteiger partial charge in [-0.05, 0) is 49.4 Å². The van der Waals surface area contributed by atoms with Crippen molar-refractivity contribution in [3.05, 3.63) is 64.4 Å². The van der Waals surface area contributed by atoms with Gasteiger partial charge in [-0.25, -0.2) is 4.98 Å². The molecule has 150 valence electrons. The Morgan fingerprint density at radius 1 is 1.10 bits per heavy atom. The van der Waals surface area contributed by atoms with Crippen LogP contribution in [-0.2, 0) is 4.79 Å². The zero-order valence-electron chi connectivity index (χ0n) is 16.9.